The molecule has 0 bridgehead atoms. The van der Waals surface area contributed by atoms with Crippen molar-refractivity contribution in [3.8, 4) is 6.07 Å². The van der Waals surface area contributed by atoms with Gasteiger partial charge in [0, 0.05) is 0 Å². The lowest BCUT2D eigenvalue weighted by atomic mass is 10.2. The van der Waals surface area contributed by atoms with Crippen molar-refractivity contribution in [3.63, 3.8) is 0 Å². The maximum atomic E-state index is 13.0. The van der Waals surface area contributed by atoms with E-state index in [1.54, 1.807) is 0 Å². The zero-order chi connectivity index (χ0) is 13.1. The number of nitrogens with one attached hydrogen (secondary N) is 1. The zero-order valence-electron chi connectivity index (χ0n) is 9.05. The topological polar surface area (TPSA) is 35.8 Å². The molecule has 0 saturated heterocycles. The zero-order valence-corrected chi connectivity index (χ0v) is 9.80. The maximum Gasteiger partial charge on any atom is 0.124 e. The van der Waals surface area contributed by atoms with Gasteiger partial charge in [-0.15, -0.1) is 0 Å². The Hall–Kier alpha value is -2.12. The Morgan fingerprint density at radius 1 is 1.00 bits per heavy atom. The molecule has 0 aromatic heterocycles. The Morgan fingerprint density at radius 3 is 2.22 bits per heavy atom. The summed E-state index contributed by atoms with van der Waals surface area (Å²) in [5, 5.41) is 11.9. The summed E-state index contributed by atoms with van der Waals surface area (Å²) < 4.78 is 25.8. The number of anilines is 2. The van der Waals surface area contributed by atoms with E-state index in [0.29, 0.717) is 11.4 Å². The molecular formula is C13H7ClF2N2. The van der Waals surface area contributed by atoms with E-state index in [0.717, 1.165) is 12.1 Å². The molecule has 0 aliphatic heterocycles. The maximum absolute atomic E-state index is 13.0. The standard InChI is InChI=1S/C13H7ClF2N2/c14-11-6-10(16)2-4-13(11)18-12-3-1-9(15)5-8(12)7-17/h1-6,18H. The van der Waals surface area contributed by atoms with Crippen molar-refractivity contribution in [1.29, 1.82) is 5.26 Å². The van der Waals surface area contributed by atoms with Crippen LogP contribution in [0.2, 0.25) is 5.02 Å². The number of nitrogens with zero attached hydrogens (tertiary/aromatic N) is 1. The lowest BCUT2D eigenvalue weighted by molar-refractivity contribution is 0.627. The average molecular weight is 265 g/mol. The smallest absolute Gasteiger partial charge is 0.124 e. The molecule has 0 aliphatic rings. The van der Waals surface area contributed by atoms with Crippen LogP contribution in [0.25, 0.3) is 0 Å². The second kappa shape index (κ2) is 5.03. The average Bonchev–Trinajstić information content (AvgIpc) is 2.34. The Kier molecular flexibility index (Phi) is 3.45. The van der Waals surface area contributed by atoms with Gasteiger partial charge in [-0.25, -0.2) is 8.78 Å². The molecular weight excluding hydrogens is 258 g/mol. The molecule has 18 heavy (non-hydrogen) atoms. The summed E-state index contributed by atoms with van der Waals surface area (Å²) >= 11 is 5.85. The van der Waals surface area contributed by atoms with Crippen molar-refractivity contribution in [2.75, 3.05) is 5.32 Å². The summed E-state index contributed by atoms with van der Waals surface area (Å²) in [7, 11) is 0. The Balaban J connectivity index is 2.37. The molecule has 2 aromatic carbocycles. The number of hydrogen-bond acceptors (Lipinski definition) is 2. The van der Waals surface area contributed by atoms with Gasteiger partial charge < -0.3 is 5.32 Å². The fourth-order valence-electron chi connectivity index (χ4n) is 1.45. The third-order valence-corrected chi connectivity index (χ3v) is 2.62. The molecule has 2 rings (SSSR count). The Bertz CT molecular complexity index is 635. The summed E-state index contributed by atoms with van der Waals surface area (Å²) in [6.07, 6.45) is 0. The quantitative estimate of drug-likeness (QED) is 0.881. The van der Waals surface area contributed by atoms with Gasteiger partial charge in [0.15, 0.2) is 0 Å². The molecule has 1 N–H and O–H groups in total. The van der Waals surface area contributed by atoms with Crippen LogP contribution in [0.1, 0.15) is 5.56 Å². The van der Waals surface area contributed by atoms with Crippen LogP contribution in [-0.2, 0) is 0 Å². The number of nitriles is 1. The van der Waals surface area contributed by atoms with Crippen LogP contribution in [0.4, 0.5) is 20.2 Å². The lowest BCUT2D eigenvalue weighted by Gasteiger charge is -2.09. The van der Waals surface area contributed by atoms with Crippen LogP contribution in [0, 0.1) is 23.0 Å². The van der Waals surface area contributed by atoms with Gasteiger partial charge in [0.1, 0.15) is 17.7 Å². The molecule has 5 heteroatoms. The number of halogens is 3. The molecule has 0 fully saturated rings. The Labute approximate surface area is 107 Å². The normalized spacial score (nSPS) is 9.89. The minimum Gasteiger partial charge on any atom is -0.353 e. The highest BCUT2D eigenvalue weighted by Crippen LogP contribution is 2.27. The Morgan fingerprint density at radius 2 is 1.61 bits per heavy atom. The predicted molar refractivity (Wildman–Crippen MR) is 65.8 cm³/mol. The van der Waals surface area contributed by atoms with Crippen molar-refractivity contribution < 1.29 is 8.78 Å². The van der Waals surface area contributed by atoms with Crippen molar-refractivity contribution in [2.24, 2.45) is 0 Å². The van der Waals surface area contributed by atoms with Gasteiger partial charge in [0.05, 0.1) is 22.0 Å². The van der Waals surface area contributed by atoms with Crippen LogP contribution in [0.15, 0.2) is 36.4 Å². The summed E-state index contributed by atoms with van der Waals surface area (Å²) in [5.41, 5.74) is 1.00. The summed E-state index contributed by atoms with van der Waals surface area (Å²) in [6.45, 7) is 0. The van der Waals surface area contributed by atoms with Crippen LogP contribution in [0.5, 0.6) is 0 Å². The van der Waals surface area contributed by atoms with Gasteiger partial charge in [0.25, 0.3) is 0 Å². The highest BCUT2D eigenvalue weighted by Gasteiger charge is 2.07. The highest BCUT2D eigenvalue weighted by molar-refractivity contribution is 6.33. The van der Waals surface area contributed by atoms with Gasteiger partial charge in [-0.1, -0.05) is 11.6 Å². The third-order valence-electron chi connectivity index (χ3n) is 2.30. The van der Waals surface area contributed by atoms with Crippen LogP contribution in [-0.4, -0.2) is 0 Å². The minimum atomic E-state index is -0.498. The van der Waals surface area contributed by atoms with E-state index in [1.165, 1.54) is 24.3 Å². The van der Waals surface area contributed by atoms with Crippen LogP contribution < -0.4 is 5.32 Å². The van der Waals surface area contributed by atoms with Gasteiger partial charge in [-0.3, -0.25) is 0 Å². The van der Waals surface area contributed by atoms with Gasteiger partial charge in [0.2, 0.25) is 0 Å². The monoisotopic (exact) mass is 264 g/mol. The van der Waals surface area contributed by atoms with E-state index in [-0.39, 0.29) is 10.6 Å². The molecule has 2 aromatic rings. The molecule has 0 atom stereocenters. The fraction of sp³-hybridized carbons (Fsp3) is 0. The molecule has 0 unspecified atom stereocenters. The van der Waals surface area contributed by atoms with E-state index in [1.807, 2.05) is 6.07 Å². The molecule has 0 heterocycles. The van der Waals surface area contributed by atoms with E-state index < -0.39 is 11.6 Å². The van der Waals surface area contributed by atoms with Gasteiger partial charge >= 0.3 is 0 Å². The van der Waals surface area contributed by atoms with Gasteiger partial charge in [-0.2, -0.15) is 5.26 Å². The highest BCUT2D eigenvalue weighted by atomic mass is 35.5. The molecule has 0 saturated carbocycles. The first-order chi connectivity index (χ1) is 8.60. The molecule has 0 aliphatic carbocycles. The largest absolute Gasteiger partial charge is 0.353 e. The van der Waals surface area contributed by atoms with E-state index in [4.69, 9.17) is 16.9 Å². The number of rotatable bonds is 2. The molecule has 0 amide bonds. The lowest BCUT2D eigenvalue weighted by Crippen LogP contribution is -1.95. The number of benzene rings is 2. The first kappa shape index (κ1) is 12.3. The SMILES string of the molecule is N#Cc1cc(F)ccc1Nc1ccc(F)cc1Cl. The van der Waals surface area contributed by atoms with Crippen LogP contribution in [0.3, 0.4) is 0 Å². The van der Waals surface area contributed by atoms with E-state index >= 15 is 0 Å². The van der Waals surface area contributed by atoms with E-state index in [9.17, 15) is 8.78 Å². The summed E-state index contributed by atoms with van der Waals surface area (Å²) in [5.74, 6) is -0.951. The van der Waals surface area contributed by atoms with E-state index in [2.05, 4.69) is 5.32 Å². The predicted octanol–water partition coefficient (Wildman–Crippen LogP) is 4.23. The molecule has 0 radical (unpaired) electrons. The second-order valence-electron chi connectivity index (χ2n) is 3.55. The van der Waals surface area contributed by atoms with Crippen molar-refractivity contribution in [1.82, 2.24) is 0 Å². The van der Waals surface area contributed by atoms with Crippen molar-refractivity contribution in [3.05, 3.63) is 58.6 Å². The number of hydrogen-bond donors (Lipinski definition) is 1. The third kappa shape index (κ3) is 2.58. The molecule has 2 nitrogen and oxygen atoms in total. The summed E-state index contributed by atoms with van der Waals surface area (Å²) in [4.78, 5) is 0. The second-order valence-corrected chi connectivity index (χ2v) is 3.96. The molecule has 0 spiro atoms. The minimum absolute atomic E-state index is 0.149. The first-order valence-corrected chi connectivity index (χ1v) is 5.39. The fourth-order valence-corrected chi connectivity index (χ4v) is 1.67. The van der Waals surface area contributed by atoms with Crippen molar-refractivity contribution in [2.45, 2.75) is 0 Å². The van der Waals surface area contributed by atoms with Crippen LogP contribution >= 0.6 is 11.6 Å². The first-order valence-electron chi connectivity index (χ1n) is 5.02. The molecule has 90 valence electrons. The van der Waals surface area contributed by atoms with Gasteiger partial charge in [-0.05, 0) is 36.4 Å². The van der Waals surface area contributed by atoms with Crippen molar-refractivity contribution >= 4 is 23.0 Å². The summed E-state index contributed by atoms with van der Waals surface area (Å²) in [6, 6.07) is 9.46.